The van der Waals surface area contributed by atoms with E-state index < -0.39 is 0 Å². The van der Waals surface area contributed by atoms with Crippen LogP contribution in [0.5, 0.6) is 0 Å². The number of fused-ring (bicyclic) bond motifs is 1. The quantitative estimate of drug-likeness (QED) is 0.811. The molecule has 0 bridgehead atoms. The highest BCUT2D eigenvalue weighted by atomic mass is 32.1. The van der Waals surface area contributed by atoms with E-state index in [-0.39, 0.29) is 11.8 Å². The van der Waals surface area contributed by atoms with Crippen LogP contribution in [-0.4, -0.2) is 36.3 Å². The maximum Gasteiger partial charge on any atom is 0.254 e. The van der Waals surface area contributed by atoms with Gasteiger partial charge in [0.15, 0.2) is 0 Å². The highest BCUT2D eigenvalue weighted by molar-refractivity contribution is 7.10. The highest BCUT2D eigenvalue weighted by Gasteiger charge is 2.24. The standard InChI is InChI=1S/C22H27N3O2S/c1-15-18(22(27)25-11-8-20-17(14-25)9-12-28-20)3-2-4-19(15)24-21(26)6-5-16-7-10-23-13-16/h2-4,9,12,16,23H,5-8,10-11,13-14H2,1H3,(H,24,26). The van der Waals surface area contributed by atoms with Gasteiger partial charge < -0.3 is 15.5 Å². The first kappa shape index (κ1) is 19.2. The first-order valence-corrected chi connectivity index (χ1v) is 10.9. The van der Waals surface area contributed by atoms with Crippen molar-refractivity contribution in [3.05, 3.63) is 51.2 Å². The van der Waals surface area contributed by atoms with Gasteiger partial charge in [0, 0.05) is 35.6 Å². The third kappa shape index (κ3) is 4.13. The minimum absolute atomic E-state index is 0.0282. The maximum atomic E-state index is 13.1. The van der Waals surface area contributed by atoms with E-state index in [2.05, 4.69) is 22.1 Å². The molecule has 2 aliphatic heterocycles. The van der Waals surface area contributed by atoms with Gasteiger partial charge in [0.05, 0.1) is 0 Å². The van der Waals surface area contributed by atoms with Gasteiger partial charge in [-0.25, -0.2) is 0 Å². The van der Waals surface area contributed by atoms with Gasteiger partial charge in [-0.15, -0.1) is 11.3 Å². The lowest BCUT2D eigenvalue weighted by Crippen LogP contribution is -2.35. The van der Waals surface area contributed by atoms with Crippen molar-refractivity contribution in [3.63, 3.8) is 0 Å². The zero-order chi connectivity index (χ0) is 19.5. The average Bonchev–Trinajstić information content (AvgIpc) is 3.38. The minimum Gasteiger partial charge on any atom is -0.334 e. The topological polar surface area (TPSA) is 61.4 Å². The number of nitrogens with one attached hydrogen (secondary N) is 2. The molecule has 1 aromatic heterocycles. The second-order valence-electron chi connectivity index (χ2n) is 7.77. The largest absolute Gasteiger partial charge is 0.334 e. The van der Waals surface area contributed by atoms with E-state index in [1.165, 1.54) is 10.4 Å². The lowest BCUT2D eigenvalue weighted by atomic mass is 10.0. The van der Waals surface area contributed by atoms with Crippen molar-refractivity contribution in [2.75, 3.05) is 25.0 Å². The molecule has 28 heavy (non-hydrogen) atoms. The fourth-order valence-corrected chi connectivity index (χ4v) is 4.99. The number of hydrogen-bond acceptors (Lipinski definition) is 4. The number of carbonyl (C=O) groups is 2. The van der Waals surface area contributed by atoms with Crippen LogP contribution < -0.4 is 10.6 Å². The lowest BCUT2D eigenvalue weighted by Gasteiger charge is -2.28. The van der Waals surface area contributed by atoms with Crippen molar-refractivity contribution in [1.82, 2.24) is 10.2 Å². The Morgan fingerprint density at radius 2 is 2.21 bits per heavy atom. The van der Waals surface area contributed by atoms with E-state index in [4.69, 9.17) is 0 Å². The summed E-state index contributed by atoms with van der Waals surface area (Å²) >= 11 is 1.77. The zero-order valence-electron chi connectivity index (χ0n) is 16.3. The van der Waals surface area contributed by atoms with Gasteiger partial charge >= 0.3 is 0 Å². The molecule has 0 spiro atoms. The van der Waals surface area contributed by atoms with Gasteiger partial charge in [-0.1, -0.05) is 6.07 Å². The van der Waals surface area contributed by atoms with Crippen molar-refractivity contribution < 1.29 is 9.59 Å². The fraction of sp³-hybridized carbons (Fsp3) is 0.455. The number of hydrogen-bond donors (Lipinski definition) is 2. The number of nitrogens with zero attached hydrogens (tertiary/aromatic N) is 1. The Balaban J connectivity index is 1.41. The molecule has 5 nitrogen and oxygen atoms in total. The summed E-state index contributed by atoms with van der Waals surface area (Å²) in [5.74, 6) is 0.670. The van der Waals surface area contributed by atoms with Crippen LogP contribution in [0, 0.1) is 12.8 Å². The number of thiophene rings is 1. The normalized spacial score (nSPS) is 18.8. The molecule has 1 aromatic carbocycles. The SMILES string of the molecule is Cc1c(NC(=O)CCC2CCNC2)cccc1C(=O)N1CCc2sccc2C1. The predicted molar refractivity (Wildman–Crippen MR) is 113 cm³/mol. The van der Waals surface area contributed by atoms with Gasteiger partial charge in [0.2, 0.25) is 5.91 Å². The van der Waals surface area contributed by atoms with Crippen molar-refractivity contribution >= 4 is 28.8 Å². The van der Waals surface area contributed by atoms with Gasteiger partial charge in [-0.3, -0.25) is 9.59 Å². The predicted octanol–water partition coefficient (Wildman–Crippen LogP) is 3.58. The Labute approximate surface area is 170 Å². The molecule has 2 aliphatic rings. The van der Waals surface area contributed by atoms with Crippen molar-refractivity contribution in [2.45, 2.75) is 39.2 Å². The number of carbonyl (C=O) groups excluding carboxylic acids is 2. The first-order chi connectivity index (χ1) is 13.6. The fourth-order valence-electron chi connectivity index (χ4n) is 4.10. The summed E-state index contributed by atoms with van der Waals surface area (Å²) in [4.78, 5) is 28.8. The monoisotopic (exact) mass is 397 g/mol. The summed E-state index contributed by atoms with van der Waals surface area (Å²) in [7, 11) is 0. The summed E-state index contributed by atoms with van der Waals surface area (Å²) in [6.45, 7) is 5.40. The van der Waals surface area contributed by atoms with Crippen LogP contribution in [0.15, 0.2) is 29.6 Å². The van der Waals surface area contributed by atoms with Crippen LogP contribution in [0.4, 0.5) is 5.69 Å². The van der Waals surface area contributed by atoms with Gasteiger partial charge in [-0.05, 0) is 79.9 Å². The number of rotatable bonds is 5. The van der Waals surface area contributed by atoms with E-state index in [1.807, 2.05) is 30.0 Å². The van der Waals surface area contributed by atoms with E-state index in [0.29, 0.717) is 24.4 Å². The molecule has 0 aliphatic carbocycles. The Hall–Kier alpha value is -2.18. The number of anilines is 1. The maximum absolute atomic E-state index is 13.1. The Morgan fingerprint density at radius 1 is 1.32 bits per heavy atom. The average molecular weight is 398 g/mol. The minimum atomic E-state index is 0.0282. The molecule has 2 N–H and O–H groups in total. The number of amides is 2. The summed E-state index contributed by atoms with van der Waals surface area (Å²) in [6, 6.07) is 7.72. The molecule has 3 heterocycles. The smallest absolute Gasteiger partial charge is 0.254 e. The van der Waals surface area contributed by atoms with E-state index >= 15 is 0 Å². The third-order valence-electron chi connectivity index (χ3n) is 5.88. The summed E-state index contributed by atoms with van der Waals surface area (Å²) in [5.41, 5.74) is 3.53. The summed E-state index contributed by atoms with van der Waals surface area (Å²) < 4.78 is 0. The molecule has 1 unspecified atom stereocenters. The van der Waals surface area contributed by atoms with Crippen LogP contribution >= 0.6 is 11.3 Å². The molecular formula is C22H27N3O2S. The van der Waals surface area contributed by atoms with Crippen molar-refractivity contribution in [1.29, 1.82) is 0 Å². The van der Waals surface area contributed by atoms with Gasteiger partial charge in [0.1, 0.15) is 0 Å². The second kappa shape index (κ2) is 8.45. The molecular weight excluding hydrogens is 370 g/mol. The number of benzene rings is 1. The Morgan fingerprint density at radius 3 is 3.04 bits per heavy atom. The first-order valence-electron chi connectivity index (χ1n) is 10.1. The highest BCUT2D eigenvalue weighted by Crippen LogP contribution is 2.27. The molecule has 1 fully saturated rings. The summed E-state index contributed by atoms with van der Waals surface area (Å²) in [6.07, 6.45) is 3.51. The Kier molecular flexibility index (Phi) is 5.78. The lowest BCUT2D eigenvalue weighted by molar-refractivity contribution is -0.116. The molecule has 2 amide bonds. The molecule has 0 radical (unpaired) electrons. The van der Waals surface area contributed by atoms with E-state index in [0.717, 1.165) is 50.1 Å². The van der Waals surface area contributed by atoms with Crippen LogP contribution in [0.3, 0.4) is 0 Å². The molecule has 4 rings (SSSR count). The van der Waals surface area contributed by atoms with Crippen molar-refractivity contribution in [2.24, 2.45) is 5.92 Å². The van der Waals surface area contributed by atoms with E-state index in [1.54, 1.807) is 11.3 Å². The molecule has 6 heteroatoms. The summed E-state index contributed by atoms with van der Waals surface area (Å²) in [5, 5.41) is 8.45. The van der Waals surface area contributed by atoms with E-state index in [9.17, 15) is 9.59 Å². The van der Waals surface area contributed by atoms with Crippen LogP contribution in [0.2, 0.25) is 0 Å². The molecule has 148 valence electrons. The second-order valence-corrected chi connectivity index (χ2v) is 8.77. The van der Waals surface area contributed by atoms with Crippen LogP contribution in [0.1, 0.15) is 45.6 Å². The molecule has 1 saturated heterocycles. The van der Waals surface area contributed by atoms with Crippen molar-refractivity contribution in [3.8, 4) is 0 Å². The van der Waals surface area contributed by atoms with Gasteiger partial charge in [-0.2, -0.15) is 0 Å². The molecule has 1 atom stereocenters. The molecule has 2 aromatic rings. The zero-order valence-corrected chi connectivity index (χ0v) is 17.1. The van der Waals surface area contributed by atoms with Crippen LogP contribution in [0.25, 0.3) is 0 Å². The molecule has 0 saturated carbocycles. The Bertz CT molecular complexity index is 870. The van der Waals surface area contributed by atoms with Crippen LogP contribution in [-0.2, 0) is 17.8 Å². The third-order valence-corrected chi connectivity index (χ3v) is 6.90. The van der Waals surface area contributed by atoms with Gasteiger partial charge in [0.25, 0.3) is 5.91 Å².